The van der Waals surface area contributed by atoms with E-state index in [1.54, 1.807) is 22.2 Å². The molecule has 8 rings (SSSR count). The van der Waals surface area contributed by atoms with Crippen molar-refractivity contribution in [1.29, 1.82) is 0 Å². The van der Waals surface area contributed by atoms with Crippen LogP contribution in [-0.2, 0) is 10.2 Å². The van der Waals surface area contributed by atoms with Crippen molar-refractivity contribution < 1.29 is 4.74 Å². The Labute approximate surface area is 340 Å². The van der Waals surface area contributed by atoms with Crippen LogP contribution in [0, 0.1) is 23.2 Å². The maximum absolute atomic E-state index is 6.74. The molecule has 1 aromatic rings. The lowest BCUT2D eigenvalue weighted by Crippen LogP contribution is -2.56. The van der Waals surface area contributed by atoms with Crippen LogP contribution in [-0.4, -0.2) is 29.7 Å². The van der Waals surface area contributed by atoms with Crippen molar-refractivity contribution in [1.82, 2.24) is 4.90 Å². The van der Waals surface area contributed by atoms with Crippen LogP contribution in [0.15, 0.2) is 124 Å². The van der Waals surface area contributed by atoms with Gasteiger partial charge in [-0.2, -0.15) is 0 Å². The first kappa shape index (κ1) is 39.2. The second kappa shape index (κ2) is 14.6. The average molecular weight is 749 g/mol. The van der Waals surface area contributed by atoms with Crippen molar-refractivity contribution in [2.45, 2.75) is 150 Å². The van der Waals surface area contributed by atoms with E-state index in [9.17, 15) is 0 Å². The summed E-state index contributed by atoms with van der Waals surface area (Å²) in [6.07, 6.45) is 29.8. The molecular formula is C52H69BN2O. The van der Waals surface area contributed by atoms with Crippen LogP contribution in [0.1, 0.15) is 139 Å². The number of ether oxygens (including phenoxy) is 1. The van der Waals surface area contributed by atoms with Gasteiger partial charge in [-0.05, 0) is 111 Å². The van der Waals surface area contributed by atoms with Gasteiger partial charge in [-0.3, -0.25) is 0 Å². The summed E-state index contributed by atoms with van der Waals surface area (Å²) in [6, 6.07) is 7.65. The van der Waals surface area contributed by atoms with Gasteiger partial charge in [-0.1, -0.05) is 139 Å². The van der Waals surface area contributed by atoms with Crippen molar-refractivity contribution in [3.8, 4) is 0 Å². The van der Waals surface area contributed by atoms with E-state index in [2.05, 4.69) is 146 Å². The van der Waals surface area contributed by atoms with E-state index < -0.39 is 0 Å². The number of rotatable bonds is 6. The zero-order valence-electron chi connectivity index (χ0n) is 36.5. The summed E-state index contributed by atoms with van der Waals surface area (Å²) >= 11 is 0. The molecule has 7 aliphatic rings. The molecule has 4 bridgehead atoms. The average Bonchev–Trinajstić information content (AvgIpc) is 3.27. The van der Waals surface area contributed by atoms with Gasteiger partial charge in [0.15, 0.2) is 0 Å². The van der Waals surface area contributed by atoms with Crippen LogP contribution < -0.4 is 10.4 Å². The van der Waals surface area contributed by atoms with Crippen LogP contribution >= 0.6 is 0 Å². The summed E-state index contributed by atoms with van der Waals surface area (Å²) in [5, 5.41) is 0. The molecule has 1 fully saturated rings. The fraction of sp³-hybridized carbons (Fsp3) is 0.538. The Morgan fingerprint density at radius 2 is 1.88 bits per heavy atom. The number of hydrogen-bond acceptors (Lipinski definition) is 3. The second-order valence-electron chi connectivity index (χ2n) is 19.6. The molecule has 6 atom stereocenters. The van der Waals surface area contributed by atoms with Crippen molar-refractivity contribution >= 4 is 17.9 Å². The quantitative estimate of drug-likeness (QED) is 0.213. The van der Waals surface area contributed by atoms with E-state index in [1.807, 2.05) is 6.26 Å². The van der Waals surface area contributed by atoms with Gasteiger partial charge >= 0.3 is 0 Å². The van der Waals surface area contributed by atoms with E-state index in [4.69, 9.17) is 4.74 Å². The molecule has 4 aliphatic heterocycles. The van der Waals surface area contributed by atoms with Crippen LogP contribution in [0.5, 0.6) is 0 Å². The van der Waals surface area contributed by atoms with Gasteiger partial charge < -0.3 is 14.5 Å². The highest BCUT2D eigenvalue weighted by atomic mass is 16.5. The molecule has 0 amide bonds. The SMILES string of the molecule is C=C/C1=C(/C=C\CC)O/C=C/C=C2\CN(C3=C4C/C(=C\C/C(C)=C\3)N3c5c(cccc5C5(C)CCCCC35C)B42)C2C(=C(C)C(C(C)(C)CC)CC2C)C1CC. The molecule has 1 aromatic carbocycles. The maximum Gasteiger partial charge on any atom is 0.240 e. The molecular weight excluding hydrogens is 679 g/mol. The largest absolute Gasteiger partial charge is 0.465 e. The highest BCUT2D eigenvalue weighted by Crippen LogP contribution is 2.61. The topological polar surface area (TPSA) is 15.7 Å². The molecule has 0 aromatic heterocycles. The zero-order chi connectivity index (χ0) is 39.7. The summed E-state index contributed by atoms with van der Waals surface area (Å²) in [6.45, 7) is 30.3. The number of nitrogens with zero attached hydrogens (tertiary/aromatic N) is 2. The zero-order valence-corrected chi connectivity index (χ0v) is 36.5. The molecule has 0 saturated heterocycles. The Hall–Kier alpha value is -3.66. The van der Waals surface area contributed by atoms with E-state index >= 15 is 0 Å². The number of anilines is 1. The summed E-state index contributed by atoms with van der Waals surface area (Å²) in [5.41, 5.74) is 17.0. The van der Waals surface area contributed by atoms with E-state index in [0.717, 1.165) is 38.0 Å². The first-order chi connectivity index (χ1) is 26.8. The standard InChI is InChI=1S/C52H69BN2O/c1-12-16-24-46-39(13-2)40(14-3)47-36(7)42(50(8,9)15-4)31-35(6)48(47)54-33-37(21-20-29-56-46)53-43-23-19-22-41-49(43)55(52(11)28-18-17-27-51(41,52)10)38-26-25-34(5)30-45(54)44(53)32-38/h13,16,19-24,26,29-30,35,40,42,48H,2,12,14-15,17-18,25,27-28,31-33H2,1,3-11H3/b24-16-,29-20+,34-30-,37-21+,38-26+,46-39+. The van der Waals surface area contributed by atoms with E-state index in [1.165, 1.54) is 77.7 Å². The molecule has 1 saturated carbocycles. The molecule has 0 radical (unpaired) electrons. The van der Waals surface area contributed by atoms with Crippen LogP contribution in [0.3, 0.4) is 0 Å². The van der Waals surface area contributed by atoms with Gasteiger partial charge in [0.05, 0.1) is 17.8 Å². The van der Waals surface area contributed by atoms with Crippen molar-refractivity contribution in [2.24, 2.45) is 23.2 Å². The third-order valence-electron chi connectivity index (χ3n) is 16.3. The van der Waals surface area contributed by atoms with Gasteiger partial charge in [-0.15, -0.1) is 0 Å². The van der Waals surface area contributed by atoms with E-state index in [0.29, 0.717) is 11.8 Å². The fourth-order valence-corrected chi connectivity index (χ4v) is 12.8. The highest BCUT2D eigenvalue weighted by molar-refractivity contribution is 6.87. The van der Waals surface area contributed by atoms with E-state index in [-0.39, 0.29) is 35.0 Å². The molecule has 4 heterocycles. The molecule has 3 aliphatic carbocycles. The normalized spacial score (nSPS) is 36.2. The molecule has 0 spiro atoms. The Balaban J connectivity index is 1.45. The monoisotopic (exact) mass is 749 g/mol. The van der Waals surface area contributed by atoms with Crippen molar-refractivity contribution in [3.05, 3.63) is 130 Å². The van der Waals surface area contributed by atoms with Crippen LogP contribution in [0.25, 0.3) is 0 Å². The maximum atomic E-state index is 6.74. The number of benzene rings is 1. The lowest BCUT2D eigenvalue weighted by molar-refractivity contribution is 0.132. The third-order valence-corrected chi connectivity index (χ3v) is 16.3. The minimum Gasteiger partial charge on any atom is -0.465 e. The Morgan fingerprint density at radius 1 is 1.09 bits per heavy atom. The number of para-hydroxylation sites is 1. The molecule has 4 heteroatoms. The second-order valence-corrected chi connectivity index (χ2v) is 19.6. The highest BCUT2D eigenvalue weighted by Gasteiger charge is 2.60. The summed E-state index contributed by atoms with van der Waals surface area (Å²) in [5.74, 6) is 2.12. The molecule has 56 heavy (non-hydrogen) atoms. The summed E-state index contributed by atoms with van der Waals surface area (Å²) in [7, 11) is 0. The molecule has 296 valence electrons. The number of hydrogen-bond donors (Lipinski definition) is 0. The minimum atomic E-state index is 0.0616. The van der Waals surface area contributed by atoms with Gasteiger partial charge in [0, 0.05) is 47.0 Å². The molecule has 6 unspecified atom stereocenters. The van der Waals surface area contributed by atoms with Gasteiger partial charge in [0.1, 0.15) is 5.76 Å². The van der Waals surface area contributed by atoms with Gasteiger partial charge in [0.2, 0.25) is 6.71 Å². The first-order valence-corrected chi connectivity index (χ1v) is 22.4. The molecule has 3 nitrogen and oxygen atoms in total. The predicted molar refractivity (Wildman–Crippen MR) is 240 cm³/mol. The molecule has 0 N–H and O–H groups in total. The Bertz CT molecular complexity index is 2050. The number of fused-ring (bicyclic) bond motifs is 12. The van der Waals surface area contributed by atoms with Gasteiger partial charge in [-0.25, -0.2) is 0 Å². The Kier molecular flexibility index (Phi) is 10.2. The van der Waals surface area contributed by atoms with Crippen LogP contribution in [0.4, 0.5) is 5.69 Å². The predicted octanol–water partition coefficient (Wildman–Crippen LogP) is 12.8. The smallest absolute Gasteiger partial charge is 0.240 e. The minimum absolute atomic E-state index is 0.0616. The first-order valence-electron chi connectivity index (χ1n) is 22.4. The van der Waals surface area contributed by atoms with Crippen molar-refractivity contribution in [3.63, 3.8) is 0 Å². The summed E-state index contributed by atoms with van der Waals surface area (Å²) < 4.78 is 6.74. The third kappa shape index (κ3) is 5.80. The Morgan fingerprint density at radius 3 is 2.61 bits per heavy atom. The van der Waals surface area contributed by atoms with Crippen LogP contribution in [0.2, 0.25) is 0 Å². The lowest BCUT2D eigenvalue weighted by atomic mass is 9.33. The summed E-state index contributed by atoms with van der Waals surface area (Å²) in [4.78, 5) is 5.82. The fourth-order valence-electron chi connectivity index (χ4n) is 12.8. The lowest BCUT2D eigenvalue weighted by Gasteiger charge is -2.53. The number of allylic oxidation sites excluding steroid dienone is 11. The van der Waals surface area contributed by atoms with Crippen molar-refractivity contribution in [2.75, 3.05) is 11.4 Å². The van der Waals surface area contributed by atoms with Gasteiger partial charge in [0.25, 0.3) is 0 Å².